The minimum atomic E-state index is -0.337. The molecule has 0 spiro atoms. The van der Waals surface area contributed by atoms with E-state index in [0.29, 0.717) is 29.7 Å². The Kier molecular flexibility index (Phi) is 5.06. The molecule has 0 fully saturated rings. The van der Waals surface area contributed by atoms with E-state index in [0.717, 1.165) is 0 Å². The Hall–Kier alpha value is -2.15. The van der Waals surface area contributed by atoms with Crippen molar-refractivity contribution >= 4 is 11.8 Å². The van der Waals surface area contributed by atoms with Gasteiger partial charge in [-0.1, -0.05) is 13.0 Å². The number of ketones is 1. The third-order valence-corrected chi connectivity index (χ3v) is 2.48. The van der Waals surface area contributed by atoms with Crippen molar-refractivity contribution in [3.8, 4) is 6.07 Å². The average Bonchev–Trinajstić information content (AvgIpc) is 2.38. The predicted octanol–water partition coefficient (Wildman–Crippen LogP) is 2.26. The quantitative estimate of drug-likeness (QED) is 0.589. The molecule has 94 valence electrons. The molecule has 18 heavy (non-hydrogen) atoms. The van der Waals surface area contributed by atoms with Crippen LogP contribution in [0.5, 0.6) is 0 Å². The van der Waals surface area contributed by atoms with E-state index in [1.807, 2.05) is 6.07 Å². The van der Waals surface area contributed by atoms with Crippen molar-refractivity contribution in [1.29, 1.82) is 5.26 Å². The topological polar surface area (TPSA) is 67.2 Å². The molecule has 0 saturated heterocycles. The first-order chi connectivity index (χ1) is 8.62. The summed E-state index contributed by atoms with van der Waals surface area (Å²) in [5, 5.41) is 9.01. The standard InChI is InChI=1S/C14H15NO3/c1-3-13(16)12-6-5-10(7-11(12)9-15)8-14(17)18-4-2/h5-7H,3-4,8H2,1-2H3. The van der Waals surface area contributed by atoms with Crippen molar-refractivity contribution in [2.45, 2.75) is 26.7 Å². The van der Waals surface area contributed by atoms with Gasteiger partial charge in [-0.2, -0.15) is 5.26 Å². The van der Waals surface area contributed by atoms with E-state index in [2.05, 4.69) is 0 Å². The predicted molar refractivity (Wildman–Crippen MR) is 66.1 cm³/mol. The van der Waals surface area contributed by atoms with Crippen molar-refractivity contribution in [2.24, 2.45) is 0 Å². The van der Waals surface area contributed by atoms with Crippen LogP contribution in [0.25, 0.3) is 0 Å². The molecule has 1 rings (SSSR count). The van der Waals surface area contributed by atoms with Gasteiger partial charge in [0.1, 0.15) is 0 Å². The maximum atomic E-state index is 11.6. The van der Waals surface area contributed by atoms with Gasteiger partial charge in [-0.15, -0.1) is 0 Å². The average molecular weight is 245 g/mol. The molecule has 0 heterocycles. The molecule has 0 N–H and O–H groups in total. The summed E-state index contributed by atoms with van der Waals surface area (Å²) in [5.41, 5.74) is 1.40. The molecule has 4 heteroatoms. The van der Waals surface area contributed by atoms with Crippen molar-refractivity contribution in [3.05, 3.63) is 34.9 Å². The van der Waals surface area contributed by atoms with E-state index in [9.17, 15) is 9.59 Å². The highest BCUT2D eigenvalue weighted by molar-refractivity contribution is 5.98. The third kappa shape index (κ3) is 3.42. The number of esters is 1. The fourth-order valence-corrected chi connectivity index (χ4v) is 1.61. The van der Waals surface area contributed by atoms with E-state index >= 15 is 0 Å². The molecule has 4 nitrogen and oxygen atoms in total. The van der Waals surface area contributed by atoms with Crippen molar-refractivity contribution in [1.82, 2.24) is 0 Å². The van der Waals surface area contributed by atoms with Gasteiger partial charge in [0.15, 0.2) is 5.78 Å². The fraction of sp³-hybridized carbons (Fsp3) is 0.357. The lowest BCUT2D eigenvalue weighted by Crippen LogP contribution is -2.08. The maximum absolute atomic E-state index is 11.6. The number of carbonyl (C=O) groups is 2. The van der Waals surface area contributed by atoms with Crippen LogP contribution in [-0.2, 0) is 16.0 Å². The van der Waals surface area contributed by atoms with Crippen molar-refractivity contribution < 1.29 is 14.3 Å². The molecular formula is C14H15NO3. The van der Waals surface area contributed by atoms with E-state index in [4.69, 9.17) is 10.00 Å². The Morgan fingerprint density at radius 1 is 1.33 bits per heavy atom. The van der Waals surface area contributed by atoms with Crippen LogP contribution < -0.4 is 0 Å². The van der Waals surface area contributed by atoms with Gasteiger partial charge in [0.2, 0.25) is 0 Å². The van der Waals surface area contributed by atoms with Crippen LogP contribution in [0.1, 0.15) is 41.8 Å². The lowest BCUT2D eigenvalue weighted by atomic mass is 9.99. The minimum absolute atomic E-state index is 0.0748. The third-order valence-electron chi connectivity index (χ3n) is 2.48. The first kappa shape index (κ1) is 13.9. The van der Waals surface area contributed by atoms with Crippen molar-refractivity contribution in [3.63, 3.8) is 0 Å². The molecule has 1 aromatic rings. The Morgan fingerprint density at radius 3 is 2.61 bits per heavy atom. The molecule has 0 radical (unpaired) electrons. The van der Waals surface area contributed by atoms with Crippen LogP contribution in [0, 0.1) is 11.3 Å². The molecule has 0 saturated carbocycles. The zero-order chi connectivity index (χ0) is 13.5. The number of carbonyl (C=O) groups excluding carboxylic acids is 2. The van der Waals surface area contributed by atoms with Crippen LogP contribution in [0.3, 0.4) is 0 Å². The highest BCUT2D eigenvalue weighted by atomic mass is 16.5. The lowest BCUT2D eigenvalue weighted by molar-refractivity contribution is -0.142. The largest absolute Gasteiger partial charge is 0.466 e. The van der Waals surface area contributed by atoms with Gasteiger partial charge in [0.25, 0.3) is 0 Å². The summed E-state index contributed by atoms with van der Waals surface area (Å²) in [6, 6.07) is 6.83. The zero-order valence-electron chi connectivity index (χ0n) is 10.5. The van der Waals surface area contributed by atoms with Crippen molar-refractivity contribution in [2.75, 3.05) is 6.61 Å². The SMILES string of the molecule is CCOC(=O)Cc1ccc(C(=O)CC)c(C#N)c1. The van der Waals surface area contributed by atoms with Gasteiger partial charge in [0.05, 0.1) is 24.7 Å². The fourth-order valence-electron chi connectivity index (χ4n) is 1.61. The smallest absolute Gasteiger partial charge is 0.310 e. The number of ether oxygens (including phenoxy) is 1. The molecule has 0 amide bonds. The summed E-state index contributed by atoms with van der Waals surface area (Å²) in [5.74, 6) is -0.412. The monoisotopic (exact) mass is 245 g/mol. The maximum Gasteiger partial charge on any atom is 0.310 e. The normalized spacial score (nSPS) is 9.61. The molecule has 0 atom stereocenters. The molecule has 0 aliphatic heterocycles. The number of rotatable bonds is 5. The van der Waals surface area contributed by atoms with Crippen LogP contribution >= 0.6 is 0 Å². The number of nitrogens with zero attached hydrogens (tertiary/aromatic N) is 1. The summed E-state index contributed by atoms with van der Waals surface area (Å²) < 4.78 is 4.83. The first-order valence-corrected chi connectivity index (χ1v) is 5.84. The van der Waals surface area contributed by atoms with Gasteiger partial charge in [-0.3, -0.25) is 9.59 Å². The highest BCUT2D eigenvalue weighted by Crippen LogP contribution is 2.14. The number of hydrogen-bond donors (Lipinski definition) is 0. The van der Waals surface area contributed by atoms with Crippen LogP contribution in [0.2, 0.25) is 0 Å². The second kappa shape index (κ2) is 6.55. The van der Waals surface area contributed by atoms with Gasteiger partial charge < -0.3 is 4.74 Å². The summed E-state index contributed by atoms with van der Waals surface area (Å²) in [6.07, 6.45) is 0.467. The highest BCUT2D eigenvalue weighted by Gasteiger charge is 2.12. The van der Waals surface area contributed by atoms with Gasteiger partial charge in [-0.05, 0) is 24.6 Å². The van der Waals surface area contributed by atoms with Crippen LogP contribution in [0.4, 0.5) is 0 Å². The Balaban J connectivity index is 2.96. The molecule has 0 aliphatic rings. The second-order valence-electron chi connectivity index (χ2n) is 3.75. The summed E-state index contributed by atoms with van der Waals surface area (Å²) >= 11 is 0. The molecule has 0 unspecified atom stereocenters. The van der Waals surface area contributed by atoms with Gasteiger partial charge in [-0.25, -0.2) is 0 Å². The number of hydrogen-bond acceptors (Lipinski definition) is 4. The first-order valence-electron chi connectivity index (χ1n) is 5.84. The Morgan fingerprint density at radius 2 is 2.06 bits per heavy atom. The molecule has 0 bridgehead atoms. The van der Waals surface area contributed by atoms with Gasteiger partial charge in [0, 0.05) is 12.0 Å². The summed E-state index contributed by atoms with van der Waals surface area (Å²) in [7, 11) is 0. The van der Waals surface area contributed by atoms with E-state index in [-0.39, 0.29) is 18.2 Å². The second-order valence-corrected chi connectivity index (χ2v) is 3.75. The Labute approximate surface area is 106 Å². The van der Waals surface area contributed by atoms with E-state index in [1.54, 1.807) is 32.0 Å². The van der Waals surface area contributed by atoms with Crippen LogP contribution in [0.15, 0.2) is 18.2 Å². The minimum Gasteiger partial charge on any atom is -0.466 e. The Bertz CT molecular complexity index is 500. The number of nitriles is 1. The number of Topliss-reactive ketones (excluding diaryl/α,β-unsaturated/α-hetero) is 1. The molecule has 0 aromatic heterocycles. The molecule has 1 aromatic carbocycles. The summed E-state index contributed by atoms with van der Waals surface area (Å²) in [4.78, 5) is 22.9. The van der Waals surface area contributed by atoms with Crippen LogP contribution in [-0.4, -0.2) is 18.4 Å². The molecular weight excluding hydrogens is 230 g/mol. The summed E-state index contributed by atoms with van der Waals surface area (Å²) in [6.45, 7) is 3.81. The van der Waals surface area contributed by atoms with Gasteiger partial charge >= 0.3 is 5.97 Å². The number of benzene rings is 1. The van der Waals surface area contributed by atoms with E-state index in [1.165, 1.54) is 0 Å². The lowest BCUT2D eigenvalue weighted by Gasteiger charge is -2.05. The van der Waals surface area contributed by atoms with E-state index < -0.39 is 0 Å². The zero-order valence-corrected chi connectivity index (χ0v) is 10.5. The molecule has 0 aliphatic carbocycles.